The van der Waals surface area contributed by atoms with Gasteiger partial charge in [-0.3, -0.25) is 0 Å². The number of hydrogen-bond donors (Lipinski definition) is 1. The van der Waals surface area contributed by atoms with Crippen molar-refractivity contribution in [1.29, 1.82) is 0 Å². The van der Waals surface area contributed by atoms with Crippen LogP contribution in [0.1, 0.15) is 25.0 Å². The second-order valence-corrected chi connectivity index (χ2v) is 23.1. The van der Waals surface area contributed by atoms with Gasteiger partial charge in [0.25, 0.3) is 0 Å². The minimum absolute atomic E-state index is 0. The van der Waals surface area contributed by atoms with Gasteiger partial charge in [-0.05, 0) is 48.8 Å². The fraction of sp³-hybridized carbons (Fsp3) is 0.127. The molecule has 0 saturated carbocycles. The summed E-state index contributed by atoms with van der Waals surface area (Å²) in [5.41, 5.74) is 11.0. The molecule has 0 fully saturated rings. The molecule has 1 aliphatic rings. The third-order valence-corrected chi connectivity index (χ3v) is 15.0. The van der Waals surface area contributed by atoms with E-state index in [-0.39, 0.29) is 41.9 Å². The van der Waals surface area contributed by atoms with Crippen LogP contribution in [-0.2, 0) is 36.0 Å². The summed E-state index contributed by atoms with van der Waals surface area (Å²) < 4.78 is 34.5. The monoisotopic (exact) mass is 1200 g/mol. The molecule has 0 saturated heterocycles. The third-order valence-electron chi connectivity index (χ3n) is 10.0. The number of nitrogens with two attached hydrogens (primary N) is 1. The van der Waals surface area contributed by atoms with E-state index < -0.39 is 26.0 Å². The van der Waals surface area contributed by atoms with Crippen LogP contribution in [0.5, 0.6) is 11.5 Å². The average molecular weight is 1200 g/mol. The smallest absolute Gasteiger partial charge is 0.748 e. The van der Waals surface area contributed by atoms with Crippen molar-refractivity contribution in [3.8, 4) is 22.6 Å². The molecule has 2 N–H and O–H groups in total. The van der Waals surface area contributed by atoms with E-state index in [4.69, 9.17) is 93.0 Å². The zero-order valence-electron chi connectivity index (χ0n) is 38.3. The van der Waals surface area contributed by atoms with Gasteiger partial charge in [0.05, 0.1) is 26.1 Å². The predicted octanol–water partition coefficient (Wildman–Crippen LogP) is 13.8. The standard InChI is InChI=1S/C39H32OP2.C12H10N.3CH2Cl2.CH4O3S.Pd/c1-39(2)33-25-15-27-35(41(29-17-7-3-8-18-29)30-19-9-4-10-20-30)37(33)40-38-34(39)26-16-28-36(38)42(31-21-11-5-12-22-31)32-23-13-6-14-24-32;13-12-9-5-4-8-11(12)10-6-2-1-3-7-10;3*2-1-3;1-5(2,3)4;/h3-28H,1-2H3;1-6,8-9H,13H2;3*1H2;1H3,(H,2,3,4);/q;-1;;;;;+2/p-1. The first kappa shape index (κ1) is 60.8. The van der Waals surface area contributed by atoms with Crippen LogP contribution in [0.3, 0.4) is 0 Å². The van der Waals surface area contributed by atoms with Crippen LogP contribution in [0.25, 0.3) is 11.1 Å². The minimum Gasteiger partial charge on any atom is -0.748 e. The fourth-order valence-corrected chi connectivity index (χ4v) is 12.1. The van der Waals surface area contributed by atoms with E-state index in [9.17, 15) is 0 Å². The van der Waals surface area contributed by atoms with Crippen molar-refractivity contribution in [2.45, 2.75) is 19.3 Å². The Labute approximate surface area is 460 Å². The number of benzene rings is 8. The molecular formula is C55H51Cl6NO4P2PdS. The van der Waals surface area contributed by atoms with Crippen LogP contribution in [0.15, 0.2) is 206 Å². The van der Waals surface area contributed by atoms with Crippen molar-refractivity contribution in [3.63, 3.8) is 0 Å². The normalized spacial score (nSPS) is 11.4. The summed E-state index contributed by atoms with van der Waals surface area (Å²) in [6.07, 6.45) is 0.604. The van der Waals surface area contributed by atoms with E-state index in [1.54, 1.807) is 0 Å². The van der Waals surface area contributed by atoms with Crippen molar-refractivity contribution in [2.24, 2.45) is 0 Å². The Kier molecular flexibility index (Phi) is 27.7. The average Bonchev–Trinajstić information content (AvgIpc) is 3.34. The van der Waals surface area contributed by atoms with Gasteiger partial charge in [0.15, 0.2) is 0 Å². The summed E-state index contributed by atoms with van der Waals surface area (Å²) in [5.74, 6) is 2.02. The summed E-state index contributed by atoms with van der Waals surface area (Å²) in [5, 5.41) is 8.40. The van der Waals surface area contributed by atoms with Crippen molar-refractivity contribution in [2.75, 3.05) is 28.0 Å². The molecule has 0 radical (unpaired) electrons. The first-order valence-electron chi connectivity index (χ1n) is 21.1. The van der Waals surface area contributed by atoms with Gasteiger partial charge in [-0.15, -0.1) is 106 Å². The second-order valence-electron chi connectivity index (χ2n) is 14.9. The largest absolute Gasteiger partial charge is 2.00 e. The van der Waals surface area contributed by atoms with Crippen molar-refractivity contribution < 1.29 is 38.1 Å². The van der Waals surface area contributed by atoms with E-state index >= 15 is 0 Å². The van der Waals surface area contributed by atoms with E-state index in [0.717, 1.165) is 28.3 Å². The number of rotatable bonds is 7. The number of hydrogen-bond acceptors (Lipinski definition) is 5. The van der Waals surface area contributed by atoms with Crippen molar-refractivity contribution in [1.82, 2.24) is 0 Å². The molecule has 1 heterocycles. The summed E-state index contributed by atoms with van der Waals surface area (Å²) in [6, 6.07) is 75.9. The minimum atomic E-state index is -3.92. The van der Waals surface area contributed by atoms with Gasteiger partial charge in [0, 0.05) is 33.4 Å². The molecular weight excluding hydrogens is 1150 g/mol. The van der Waals surface area contributed by atoms with E-state index in [1.165, 1.54) is 43.0 Å². The molecule has 0 bridgehead atoms. The van der Waals surface area contributed by atoms with E-state index in [2.05, 4.69) is 178 Å². The maximum atomic E-state index is 9.08. The molecule has 0 atom stereocenters. The Hall–Kier alpha value is -3.47. The maximum absolute atomic E-state index is 9.08. The van der Waals surface area contributed by atoms with E-state index in [1.807, 2.05) is 48.5 Å². The summed E-state index contributed by atoms with van der Waals surface area (Å²) in [7, 11) is -5.56. The Morgan fingerprint density at radius 3 is 1.14 bits per heavy atom. The van der Waals surface area contributed by atoms with E-state index in [0.29, 0.717) is 6.26 Å². The molecule has 15 heteroatoms. The molecule has 1 aliphatic heterocycles. The molecule has 0 spiro atoms. The Bertz CT molecular complexity index is 2620. The molecule has 0 aromatic heterocycles. The molecule has 368 valence electrons. The Morgan fingerprint density at radius 1 is 0.514 bits per heavy atom. The molecule has 9 rings (SSSR count). The van der Waals surface area contributed by atoms with Gasteiger partial charge in [0.1, 0.15) is 11.5 Å². The van der Waals surface area contributed by atoms with Gasteiger partial charge >= 0.3 is 20.4 Å². The first-order chi connectivity index (χ1) is 33.2. The fourth-order valence-electron chi connectivity index (χ4n) is 7.31. The van der Waals surface area contributed by atoms with Gasteiger partial charge in [-0.2, -0.15) is 0 Å². The molecule has 70 heavy (non-hydrogen) atoms. The molecule has 5 nitrogen and oxygen atoms in total. The number of para-hydroxylation sites is 3. The topological polar surface area (TPSA) is 92.5 Å². The zero-order chi connectivity index (χ0) is 50.2. The SMILES string of the molecule is CC1(C)c2cccc(P(c3ccccc3)c3ccccc3)c2Oc2c(P(c3ccccc3)c3ccccc3)cccc21.CS(=O)(=O)[O-].ClCCl.ClCCl.ClCCl.Nc1ccccc1-c1[c-]cccc1.[Pd+2]. The van der Waals surface area contributed by atoms with Crippen LogP contribution < -0.4 is 42.3 Å². The molecule has 0 aliphatic carbocycles. The van der Waals surface area contributed by atoms with Crippen LogP contribution in [0.4, 0.5) is 5.69 Å². The number of anilines is 1. The number of ether oxygens (including phenoxy) is 1. The van der Waals surface area contributed by atoms with Crippen molar-refractivity contribution >= 4 is 133 Å². The summed E-state index contributed by atoms with van der Waals surface area (Å²) >= 11 is 28.6. The molecule has 8 aromatic carbocycles. The number of fused-ring (bicyclic) bond motifs is 2. The van der Waals surface area contributed by atoms with Gasteiger partial charge in [-0.25, -0.2) is 8.42 Å². The van der Waals surface area contributed by atoms with Crippen LogP contribution in [-0.4, -0.2) is 35.2 Å². The predicted molar refractivity (Wildman–Crippen MR) is 303 cm³/mol. The van der Waals surface area contributed by atoms with Gasteiger partial charge < -0.3 is 15.0 Å². The number of nitrogen functional groups attached to an aromatic ring is 1. The number of alkyl halides is 6. The maximum Gasteiger partial charge on any atom is 2.00 e. The number of halogens is 6. The summed E-state index contributed by atoms with van der Waals surface area (Å²) in [4.78, 5) is 0. The quantitative estimate of drug-likeness (QED) is 0.0429. The van der Waals surface area contributed by atoms with Crippen LogP contribution in [0, 0.1) is 6.07 Å². The third kappa shape index (κ3) is 18.2. The molecule has 0 amide bonds. The van der Waals surface area contributed by atoms with Gasteiger partial charge in [-0.1, -0.05) is 195 Å². The molecule has 8 aromatic rings. The first-order valence-corrected chi connectivity index (χ1v) is 28.8. The zero-order valence-corrected chi connectivity index (χ0v) is 47.0. The van der Waals surface area contributed by atoms with Crippen LogP contribution in [0.2, 0.25) is 0 Å². The van der Waals surface area contributed by atoms with Gasteiger partial charge in [0.2, 0.25) is 0 Å². The molecule has 0 unspecified atom stereocenters. The van der Waals surface area contributed by atoms with Crippen LogP contribution >= 0.6 is 85.4 Å². The summed E-state index contributed by atoms with van der Waals surface area (Å²) in [6.45, 7) is 4.70. The Morgan fingerprint density at radius 2 is 0.829 bits per heavy atom. The van der Waals surface area contributed by atoms with Crippen molar-refractivity contribution in [3.05, 3.63) is 223 Å². The Balaban J connectivity index is 0.000000380. The second kappa shape index (κ2) is 31.9.